The molecule has 0 unspecified atom stereocenters. The number of pyridine rings is 1. The van der Waals surface area contributed by atoms with Gasteiger partial charge in [0.1, 0.15) is 12.4 Å². The molecule has 1 aromatic heterocycles. The summed E-state index contributed by atoms with van der Waals surface area (Å²) >= 11 is 0. The average Bonchev–Trinajstić information content (AvgIpc) is 3.81. The fourth-order valence-corrected chi connectivity index (χ4v) is 5.38. The maximum atomic E-state index is 13.2. The lowest BCUT2D eigenvalue weighted by Crippen LogP contribution is -2.49. The van der Waals surface area contributed by atoms with Crippen molar-refractivity contribution in [1.82, 2.24) is 9.88 Å². The van der Waals surface area contributed by atoms with Gasteiger partial charge in [0.05, 0.1) is 6.04 Å². The van der Waals surface area contributed by atoms with Crippen molar-refractivity contribution >= 4 is 35.9 Å². The molecular weight excluding hydrogens is 476 g/mol. The van der Waals surface area contributed by atoms with E-state index in [1.807, 2.05) is 29.2 Å². The Labute approximate surface area is 219 Å². The number of carbonyl (C=O) groups excluding carboxylic acids is 2. The molecule has 192 valence electrons. The fourth-order valence-electron chi connectivity index (χ4n) is 5.38. The van der Waals surface area contributed by atoms with Gasteiger partial charge in [-0.3, -0.25) is 9.69 Å². The number of aromatic nitrogens is 1. The van der Waals surface area contributed by atoms with Gasteiger partial charge in [-0.1, -0.05) is 19.9 Å². The molecule has 1 aromatic carbocycles. The molecule has 2 aliphatic heterocycles. The molecule has 6 rings (SSSR count). The van der Waals surface area contributed by atoms with Gasteiger partial charge < -0.3 is 14.5 Å². The Balaban J connectivity index is 0.00000267. The second-order valence-electron chi connectivity index (χ2n) is 10.8. The van der Waals surface area contributed by atoms with Crippen LogP contribution < -0.4 is 9.80 Å². The quantitative estimate of drug-likeness (QED) is 0.534. The first kappa shape index (κ1) is 24.9. The van der Waals surface area contributed by atoms with Crippen LogP contribution in [0.2, 0.25) is 0 Å². The van der Waals surface area contributed by atoms with Gasteiger partial charge in [-0.25, -0.2) is 9.78 Å². The van der Waals surface area contributed by atoms with Gasteiger partial charge in [0, 0.05) is 43.6 Å². The van der Waals surface area contributed by atoms with E-state index in [-0.39, 0.29) is 30.4 Å². The van der Waals surface area contributed by atoms with E-state index >= 15 is 0 Å². The topological polar surface area (TPSA) is 66.0 Å². The first-order chi connectivity index (χ1) is 17.0. The molecule has 2 saturated carbocycles. The van der Waals surface area contributed by atoms with Crippen LogP contribution in [0, 0.1) is 5.92 Å². The summed E-state index contributed by atoms with van der Waals surface area (Å²) in [6.45, 7) is 7.55. The Morgan fingerprint density at radius 2 is 1.67 bits per heavy atom. The number of halogens is 1. The number of hydrogen-bond acceptors (Lipinski definition) is 5. The molecule has 3 heterocycles. The van der Waals surface area contributed by atoms with Crippen molar-refractivity contribution in [1.29, 1.82) is 0 Å². The van der Waals surface area contributed by atoms with Crippen molar-refractivity contribution in [3.05, 3.63) is 53.2 Å². The third-order valence-electron chi connectivity index (χ3n) is 7.92. The highest BCUT2D eigenvalue weighted by molar-refractivity contribution is 5.96. The molecule has 2 amide bonds. The molecule has 4 fully saturated rings. The number of carbonyl (C=O) groups is 2. The summed E-state index contributed by atoms with van der Waals surface area (Å²) < 4.78 is 5.26. The monoisotopic (exact) mass is 510 g/mol. The molecule has 4 aliphatic rings. The zero-order chi connectivity index (χ0) is 24.1. The Kier molecular flexibility index (Phi) is 6.86. The number of nitrogens with zero attached hydrogens (tertiary/aromatic N) is 4. The van der Waals surface area contributed by atoms with Gasteiger partial charge in [0.15, 0.2) is 0 Å². The molecule has 8 heteroatoms. The molecular formula is C28H35ClN4O3. The van der Waals surface area contributed by atoms with Crippen molar-refractivity contribution in [2.75, 3.05) is 42.6 Å². The molecule has 0 N–H and O–H groups in total. The SMILES string of the molecule is CC(C)[C@@H]1COC(=O)N1c1ccc(C(=O)N2CCN(c3ncc(C4CC4)cc3C3CC3)CC2)cc1.Cl. The lowest BCUT2D eigenvalue weighted by molar-refractivity contribution is 0.0746. The van der Waals surface area contributed by atoms with Gasteiger partial charge in [-0.2, -0.15) is 0 Å². The third kappa shape index (κ3) is 4.77. The molecule has 0 radical (unpaired) electrons. The lowest BCUT2D eigenvalue weighted by Gasteiger charge is -2.36. The van der Waals surface area contributed by atoms with E-state index in [9.17, 15) is 9.59 Å². The summed E-state index contributed by atoms with van der Waals surface area (Å²) in [5.74, 6) is 2.85. The lowest BCUT2D eigenvalue weighted by atomic mass is 10.0. The summed E-state index contributed by atoms with van der Waals surface area (Å²) in [7, 11) is 0. The second-order valence-corrected chi connectivity index (χ2v) is 10.8. The summed E-state index contributed by atoms with van der Waals surface area (Å²) in [6, 6.07) is 9.81. The van der Waals surface area contributed by atoms with Crippen LogP contribution in [-0.4, -0.2) is 60.7 Å². The van der Waals surface area contributed by atoms with E-state index in [4.69, 9.17) is 9.72 Å². The van der Waals surface area contributed by atoms with Gasteiger partial charge in [-0.15, -0.1) is 12.4 Å². The smallest absolute Gasteiger partial charge is 0.414 e. The zero-order valence-corrected chi connectivity index (χ0v) is 21.9. The largest absolute Gasteiger partial charge is 0.447 e. The van der Waals surface area contributed by atoms with E-state index in [1.54, 1.807) is 4.90 Å². The number of hydrogen-bond donors (Lipinski definition) is 0. The standard InChI is InChI=1S/C28H34N4O3.ClH/c1-18(2)25-17-35-28(34)32(25)23-9-7-21(8-10-23)27(33)31-13-11-30(12-14-31)26-24(20-5-6-20)15-22(16-29-26)19-3-4-19;/h7-10,15-16,18-20,25H,3-6,11-14,17H2,1-2H3;1H/t25-;/m0./s1. The zero-order valence-electron chi connectivity index (χ0n) is 21.1. The van der Waals surface area contributed by atoms with E-state index in [2.05, 4.69) is 31.0 Å². The summed E-state index contributed by atoms with van der Waals surface area (Å²) in [5, 5.41) is 0. The predicted octanol–water partition coefficient (Wildman–Crippen LogP) is 5.20. The molecule has 7 nitrogen and oxygen atoms in total. The normalized spacial score (nSPS) is 22.0. The molecule has 2 aromatic rings. The Hall–Kier alpha value is -2.80. The maximum absolute atomic E-state index is 13.2. The first-order valence-corrected chi connectivity index (χ1v) is 13.1. The summed E-state index contributed by atoms with van der Waals surface area (Å²) in [4.78, 5) is 36.4. The van der Waals surface area contributed by atoms with Crippen LogP contribution in [0.4, 0.5) is 16.3 Å². The van der Waals surface area contributed by atoms with E-state index in [0.29, 0.717) is 37.1 Å². The van der Waals surface area contributed by atoms with E-state index < -0.39 is 0 Å². The number of rotatable bonds is 6. The van der Waals surface area contributed by atoms with Crippen LogP contribution in [0.25, 0.3) is 0 Å². The van der Waals surface area contributed by atoms with Crippen molar-refractivity contribution in [3.8, 4) is 0 Å². The highest BCUT2D eigenvalue weighted by Crippen LogP contribution is 2.47. The Morgan fingerprint density at radius 3 is 2.28 bits per heavy atom. The molecule has 0 spiro atoms. The van der Waals surface area contributed by atoms with Gasteiger partial charge >= 0.3 is 6.09 Å². The number of benzene rings is 1. The maximum Gasteiger partial charge on any atom is 0.414 e. The van der Waals surface area contributed by atoms with Crippen molar-refractivity contribution in [2.24, 2.45) is 5.92 Å². The minimum Gasteiger partial charge on any atom is -0.447 e. The van der Waals surface area contributed by atoms with Crippen molar-refractivity contribution in [2.45, 2.75) is 57.4 Å². The summed E-state index contributed by atoms with van der Waals surface area (Å²) in [5.41, 5.74) is 4.27. The number of amides is 2. The number of cyclic esters (lactones) is 1. The van der Waals surface area contributed by atoms with Crippen LogP contribution in [0.3, 0.4) is 0 Å². The molecule has 2 saturated heterocycles. The number of ether oxygens (including phenoxy) is 1. The van der Waals surface area contributed by atoms with Gasteiger partial charge in [0.25, 0.3) is 5.91 Å². The van der Waals surface area contributed by atoms with Crippen molar-refractivity contribution < 1.29 is 14.3 Å². The predicted molar refractivity (Wildman–Crippen MR) is 142 cm³/mol. The minimum absolute atomic E-state index is 0. The average molecular weight is 511 g/mol. The minimum atomic E-state index is -0.316. The highest BCUT2D eigenvalue weighted by Gasteiger charge is 2.36. The summed E-state index contributed by atoms with van der Waals surface area (Å²) in [6.07, 6.45) is 6.90. The van der Waals surface area contributed by atoms with Crippen LogP contribution in [0.1, 0.15) is 72.9 Å². The van der Waals surface area contributed by atoms with Gasteiger partial charge in [-0.05, 0) is 78.8 Å². The molecule has 36 heavy (non-hydrogen) atoms. The highest BCUT2D eigenvalue weighted by atomic mass is 35.5. The fraction of sp³-hybridized carbons (Fsp3) is 0.536. The van der Waals surface area contributed by atoms with Crippen LogP contribution in [-0.2, 0) is 4.74 Å². The van der Waals surface area contributed by atoms with E-state index in [0.717, 1.165) is 30.5 Å². The Bertz CT molecular complexity index is 1120. The number of piperazine rings is 1. The van der Waals surface area contributed by atoms with E-state index in [1.165, 1.54) is 36.8 Å². The van der Waals surface area contributed by atoms with Gasteiger partial charge in [0.2, 0.25) is 0 Å². The van der Waals surface area contributed by atoms with Crippen molar-refractivity contribution in [3.63, 3.8) is 0 Å². The molecule has 2 aliphatic carbocycles. The second kappa shape index (κ2) is 9.92. The van der Waals surface area contributed by atoms with Crippen LogP contribution in [0.5, 0.6) is 0 Å². The first-order valence-electron chi connectivity index (χ1n) is 13.1. The van der Waals surface area contributed by atoms with Crippen LogP contribution in [0.15, 0.2) is 36.5 Å². The van der Waals surface area contributed by atoms with Crippen LogP contribution >= 0.6 is 12.4 Å². The third-order valence-corrected chi connectivity index (χ3v) is 7.92. The number of anilines is 2. The molecule has 1 atom stereocenters. The molecule has 0 bridgehead atoms. The Morgan fingerprint density at radius 1 is 1.00 bits per heavy atom.